The van der Waals surface area contributed by atoms with Crippen LogP contribution in [0.1, 0.15) is 22.3 Å². The standard InChI is InChI=1S/C16H17NO.2ClH.Ti/c1-11-8-13(3)16(18)14(9-11)10-17-15-7-5-4-6-12(15)2;;;/h4-10,18H,1-3H3;2*1H;/q;;;+2/p-2. The summed E-state index contributed by atoms with van der Waals surface area (Å²) in [6.45, 7) is 5.93. The van der Waals surface area contributed by atoms with Crippen LogP contribution in [0.4, 0.5) is 5.69 Å². The Kier molecular flexibility index (Phi) is 8.06. The van der Waals surface area contributed by atoms with Crippen LogP contribution in [0.15, 0.2) is 41.4 Å². The van der Waals surface area contributed by atoms with Crippen LogP contribution in [-0.4, -0.2) is 11.3 Å². The van der Waals surface area contributed by atoms with Crippen molar-refractivity contribution < 1.29 is 22.1 Å². The minimum absolute atomic E-state index is 0.304. The van der Waals surface area contributed by atoms with Crippen molar-refractivity contribution in [3.05, 3.63) is 58.7 Å². The number of aliphatic imine (C=N–C) groups is 1. The molecule has 0 aliphatic carbocycles. The molecule has 1 N–H and O–H groups in total. The first kappa shape index (κ1) is 18.3. The number of rotatable bonds is 2. The van der Waals surface area contributed by atoms with Crippen molar-refractivity contribution in [2.75, 3.05) is 0 Å². The molecule has 2 aromatic rings. The van der Waals surface area contributed by atoms with E-state index in [2.05, 4.69) is 4.99 Å². The van der Waals surface area contributed by atoms with Crippen molar-refractivity contribution in [1.29, 1.82) is 0 Å². The van der Waals surface area contributed by atoms with E-state index < -0.39 is 17.0 Å². The molecule has 0 bridgehead atoms. The van der Waals surface area contributed by atoms with Crippen LogP contribution >= 0.6 is 18.6 Å². The Labute approximate surface area is 142 Å². The first-order valence-corrected chi connectivity index (χ1v) is 10.7. The SMILES string of the molecule is Cc1cc(C)c(O)c(C=Nc2ccccc2C)c1.[Cl][Ti][Cl]. The van der Waals surface area contributed by atoms with Crippen LogP contribution in [0.3, 0.4) is 0 Å². The van der Waals surface area contributed by atoms with Gasteiger partial charge in [0.25, 0.3) is 0 Å². The number of halogens is 2. The number of benzene rings is 2. The van der Waals surface area contributed by atoms with E-state index >= 15 is 0 Å². The van der Waals surface area contributed by atoms with E-state index in [-0.39, 0.29) is 0 Å². The predicted molar refractivity (Wildman–Crippen MR) is 87.7 cm³/mol. The Hall–Kier alpha value is -0.796. The van der Waals surface area contributed by atoms with Gasteiger partial charge < -0.3 is 5.11 Å². The van der Waals surface area contributed by atoms with Crippen LogP contribution in [0.25, 0.3) is 0 Å². The van der Waals surface area contributed by atoms with Gasteiger partial charge in [0.2, 0.25) is 0 Å². The van der Waals surface area contributed by atoms with Crippen LogP contribution in [0.5, 0.6) is 5.75 Å². The molecule has 0 saturated carbocycles. The van der Waals surface area contributed by atoms with Crippen molar-refractivity contribution in [2.45, 2.75) is 20.8 Å². The maximum atomic E-state index is 9.98. The van der Waals surface area contributed by atoms with Gasteiger partial charge in [-0.25, -0.2) is 0 Å². The third-order valence-corrected chi connectivity index (χ3v) is 2.93. The first-order chi connectivity index (χ1) is 9.99. The molecule has 110 valence electrons. The Balaban J connectivity index is 0.000000677. The molecular formula is C16H17Cl2NOTi. The van der Waals surface area contributed by atoms with Gasteiger partial charge in [0.1, 0.15) is 5.75 Å². The van der Waals surface area contributed by atoms with Crippen molar-refractivity contribution >= 4 is 30.5 Å². The summed E-state index contributed by atoms with van der Waals surface area (Å²) >= 11 is -0.556. The fraction of sp³-hybridized carbons (Fsp3) is 0.188. The van der Waals surface area contributed by atoms with E-state index in [0.717, 1.165) is 27.9 Å². The van der Waals surface area contributed by atoms with Crippen molar-refractivity contribution in [3.63, 3.8) is 0 Å². The van der Waals surface area contributed by atoms with E-state index in [1.54, 1.807) is 6.21 Å². The second-order valence-corrected chi connectivity index (χ2v) is 7.21. The maximum absolute atomic E-state index is 9.98. The number of hydrogen-bond acceptors (Lipinski definition) is 2. The monoisotopic (exact) mass is 357 g/mol. The van der Waals surface area contributed by atoms with Gasteiger partial charge in [-0.15, -0.1) is 0 Å². The summed E-state index contributed by atoms with van der Waals surface area (Å²) in [5.41, 5.74) is 4.81. The number of phenolic OH excluding ortho intramolecular Hbond substituents is 1. The Morgan fingerprint density at radius 2 is 1.67 bits per heavy atom. The molecule has 0 aliphatic rings. The average molecular weight is 358 g/mol. The summed E-state index contributed by atoms with van der Waals surface area (Å²) in [6.07, 6.45) is 1.72. The van der Waals surface area contributed by atoms with Crippen LogP contribution in [0, 0.1) is 20.8 Å². The summed E-state index contributed by atoms with van der Waals surface area (Å²) in [5, 5.41) is 9.98. The van der Waals surface area contributed by atoms with Gasteiger partial charge in [0.05, 0.1) is 5.69 Å². The predicted octanol–water partition coefficient (Wildman–Crippen LogP) is 5.44. The molecule has 2 nitrogen and oxygen atoms in total. The molecule has 0 heterocycles. The number of phenols is 1. The van der Waals surface area contributed by atoms with Gasteiger partial charge >= 0.3 is 35.6 Å². The third kappa shape index (κ3) is 5.84. The van der Waals surface area contributed by atoms with Crippen molar-refractivity contribution in [3.8, 4) is 5.75 Å². The quantitative estimate of drug-likeness (QED) is 0.562. The molecule has 0 atom stereocenters. The summed E-state index contributed by atoms with van der Waals surface area (Å²) in [7, 11) is 9.78. The fourth-order valence-electron chi connectivity index (χ4n) is 1.94. The van der Waals surface area contributed by atoms with E-state index in [9.17, 15) is 5.11 Å². The Bertz CT molecular complexity index is 630. The molecule has 0 unspecified atom stereocenters. The van der Waals surface area contributed by atoms with Crippen LogP contribution < -0.4 is 0 Å². The molecule has 5 heteroatoms. The molecular weight excluding hydrogens is 341 g/mol. The molecule has 2 rings (SSSR count). The summed E-state index contributed by atoms with van der Waals surface area (Å²) in [6, 6.07) is 11.8. The molecule has 0 saturated heterocycles. The van der Waals surface area contributed by atoms with Crippen molar-refractivity contribution in [2.24, 2.45) is 4.99 Å². The summed E-state index contributed by atoms with van der Waals surface area (Å²) in [4.78, 5) is 4.43. The van der Waals surface area contributed by atoms with Gasteiger partial charge in [-0.05, 0) is 49.6 Å². The second kappa shape index (κ2) is 9.27. The zero-order chi connectivity index (χ0) is 15.8. The number of aromatic hydroxyl groups is 1. The molecule has 21 heavy (non-hydrogen) atoms. The van der Waals surface area contributed by atoms with Gasteiger partial charge in [0.15, 0.2) is 0 Å². The number of para-hydroxylation sites is 1. The zero-order valence-electron chi connectivity index (χ0n) is 12.2. The second-order valence-electron chi connectivity index (χ2n) is 4.64. The number of hydrogen-bond donors (Lipinski definition) is 1. The van der Waals surface area contributed by atoms with Gasteiger partial charge in [-0.3, -0.25) is 4.99 Å². The van der Waals surface area contributed by atoms with Crippen molar-refractivity contribution in [1.82, 2.24) is 0 Å². The van der Waals surface area contributed by atoms with Gasteiger partial charge in [0, 0.05) is 11.8 Å². The third-order valence-electron chi connectivity index (χ3n) is 2.93. The Morgan fingerprint density at radius 3 is 2.29 bits per heavy atom. The average Bonchev–Trinajstić information content (AvgIpc) is 2.43. The number of nitrogens with zero attached hydrogens (tertiary/aromatic N) is 1. The Morgan fingerprint density at radius 1 is 1.05 bits per heavy atom. The van der Waals surface area contributed by atoms with E-state index in [4.69, 9.17) is 18.6 Å². The summed E-state index contributed by atoms with van der Waals surface area (Å²) < 4.78 is 0. The molecule has 2 aromatic carbocycles. The molecule has 0 radical (unpaired) electrons. The molecule has 0 fully saturated rings. The topological polar surface area (TPSA) is 32.6 Å². The molecule has 0 aromatic heterocycles. The van der Waals surface area contributed by atoms with E-state index in [1.807, 2.05) is 57.2 Å². The fourth-order valence-corrected chi connectivity index (χ4v) is 1.94. The number of aryl methyl sites for hydroxylation is 3. The van der Waals surface area contributed by atoms with Crippen LogP contribution in [-0.2, 0) is 17.0 Å². The van der Waals surface area contributed by atoms with E-state index in [0.29, 0.717) is 5.75 Å². The minimum atomic E-state index is -0.556. The normalized spacial score (nSPS) is 10.1. The molecule has 0 amide bonds. The molecule has 0 spiro atoms. The molecule has 0 aliphatic heterocycles. The first-order valence-electron chi connectivity index (χ1n) is 6.35. The van der Waals surface area contributed by atoms with Gasteiger partial charge in [-0.2, -0.15) is 0 Å². The zero-order valence-corrected chi connectivity index (χ0v) is 15.3. The van der Waals surface area contributed by atoms with Crippen LogP contribution in [0.2, 0.25) is 0 Å². The van der Waals surface area contributed by atoms with E-state index in [1.165, 1.54) is 0 Å². The summed E-state index contributed by atoms with van der Waals surface area (Å²) in [5.74, 6) is 0.304. The van der Waals surface area contributed by atoms with Gasteiger partial charge in [-0.1, -0.05) is 24.3 Å².